The summed E-state index contributed by atoms with van der Waals surface area (Å²) in [5.41, 5.74) is 2.06. The van der Waals surface area contributed by atoms with Crippen LogP contribution in [0.15, 0.2) is 33.5 Å². The molecule has 1 aromatic carbocycles. The van der Waals surface area contributed by atoms with Gasteiger partial charge in [0.15, 0.2) is 11.9 Å². The Labute approximate surface area is 158 Å². The highest BCUT2D eigenvalue weighted by Crippen LogP contribution is 2.29. The van der Waals surface area contributed by atoms with Crippen LogP contribution in [0.2, 0.25) is 0 Å². The number of para-hydroxylation sites is 1. The average molecular weight is 382 g/mol. The summed E-state index contributed by atoms with van der Waals surface area (Å²) in [5.74, 6) is -0.109. The number of H-pyrrole nitrogens is 1. The second kappa shape index (κ2) is 6.35. The third-order valence-electron chi connectivity index (χ3n) is 4.76. The quantitative estimate of drug-likeness (QED) is 0.525. The van der Waals surface area contributed by atoms with E-state index in [-0.39, 0.29) is 11.3 Å². The molecule has 1 atom stereocenters. The molecule has 3 aromatic heterocycles. The van der Waals surface area contributed by atoms with E-state index in [1.807, 2.05) is 39.0 Å². The number of carbonyl (C=O) groups is 1. The second-order valence-corrected chi connectivity index (χ2v) is 7.72. The number of carbonyl (C=O) groups excluding carboxylic acids is 1. The van der Waals surface area contributed by atoms with Gasteiger partial charge in [-0.25, -0.2) is 9.78 Å². The molecule has 4 aromatic rings. The van der Waals surface area contributed by atoms with Crippen molar-refractivity contribution in [2.75, 3.05) is 0 Å². The van der Waals surface area contributed by atoms with E-state index in [1.54, 1.807) is 13.0 Å². The molecule has 138 valence electrons. The zero-order chi connectivity index (χ0) is 19.3. The van der Waals surface area contributed by atoms with E-state index in [2.05, 4.69) is 9.97 Å². The molecule has 0 amide bonds. The van der Waals surface area contributed by atoms with Gasteiger partial charge < -0.3 is 14.1 Å². The lowest BCUT2D eigenvalue weighted by atomic mass is 10.1. The largest absolute Gasteiger partial charge is 0.449 e. The number of nitrogens with zero attached hydrogens (tertiary/aromatic N) is 1. The Morgan fingerprint density at radius 3 is 2.70 bits per heavy atom. The number of esters is 1. The Kier molecular flexibility index (Phi) is 4.11. The van der Waals surface area contributed by atoms with Crippen molar-refractivity contribution in [3.05, 3.63) is 62.2 Å². The summed E-state index contributed by atoms with van der Waals surface area (Å²) in [6.07, 6.45) is -0.718. The lowest BCUT2D eigenvalue weighted by molar-refractivity contribution is 0.0285. The lowest BCUT2D eigenvalue weighted by Gasteiger charge is -2.11. The molecule has 0 spiro atoms. The minimum Gasteiger partial charge on any atom is -0.449 e. The molecule has 0 saturated carbocycles. The van der Waals surface area contributed by atoms with Crippen LogP contribution in [-0.4, -0.2) is 15.9 Å². The summed E-state index contributed by atoms with van der Waals surface area (Å²) in [5, 5.41) is 1.46. The van der Waals surface area contributed by atoms with Crippen LogP contribution in [-0.2, 0) is 4.74 Å². The monoisotopic (exact) mass is 382 g/mol. The molecule has 1 N–H and O–H groups in total. The normalized spacial score (nSPS) is 12.6. The van der Waals surface area contributed by atoms with Crippen molar-refractivity contribution in [2.45, 2.75) is 33.8 Å². The van der Waals surface area contributed by atoms with Gasteiger partial charge in [-0.1, -0.05) is 18.2 Å². The van der Waals surface area contributed by atoms with Crippen LogP contribution in [0.25, 0.3) is 21.2 Å². The Hall–Kier alpha value is -2.93. The van der Waals surface area contributed by atoms with Crippen molar-refractivity contribution >= 4 is 38.5 Å². The molecule has 0 radical (unpaired) electrons. The van der Waals surface area contributed by atoms with Gasteiger partial charge in [0.2, 0.25) is 5.76 Å². The molecule has 0 saturated heterocycles. The first-order chi connectivity index (χ1) is 12.9. The molecule has 0 aliphatic rings. The molecule has 27 heavy (non-hydrogen) atoms. The number of aromatic nitrogens is 2. The minimum absolute atomic E-state index is 0.161. The number of rotatable bonds is 3. The first-order valence-corrected chi connectivity index (χ1v) is 9.37. The Morgan fingerprint density at radius 2 is 1.96 bits per heavy atom. The van der Waals surface area contributed by atoms with Crippen LogP contribution in [0.5, 0.6) is 0 Å². The number of ether oxygens (including phenoxy) is 1. The van der Waals surface area contributed by atoms with Crippen molar-refractivity contribution in [3.63, 3.8) is 0 Å². The third-order valence-corrected chi connectivity index (χ3v) is 5.86. The molecule has 7 heteroatoms. The molecular weight excluding hydrogens is 364 g/mol. The number of aryl methyl sites for hydroxylation is 3. The molecule has 0 aliphatic heterocycles. The summed E-state index contributed by atoms with van der Waals surface area (Å²) in [6, 6.07) is 7.43. The van der Waals surface area contributed by atoms with Gasteiger partial charge in [-0.05, 0) is 39.3 Å². The standard InChI is InChI=1S/C20H18N2O4S/c1-9-12(4)27-19-15(9)18(23)21-17(22-19)11(3)25-20(24)16-10(2)13-7-5-6-8-14(13)26-16/h5-8,11H,1-4H3,(H,21,22,23)/t11-/m1/s1. The summed E-state index contributed by atoms with van der Waals surface area (Å²) < 4.78 is 11.2. The molecule has 0 fully saturated rings. The predicted octanol–water partition coefficient (Wildman–Crippen LogP) is 4.57. The fourth-order valence-corrected chi connectivity index (χ4v) is 4.14. The molecule has 0 bridgehead atoms. The zero-order valence-corrected chi connectivity index (χ0v) is 16.2. The Bertz CT molecular complexity index is 1250. The minimum atomic E-state index is -0.718. The number of hydrogen-bond acceptors (Lipinski definition) is 6. The van der Waals surface area contributed by atoms with E-state index in [9.17, 15) is 9.59 Å². The summed E-state index contributed by atoms with van der Waals surface area (Å²) in [4.78, 5) is 33.9. The van der Waals surface area contributed by atoms with Gasteiger partial charge in [-0.15, -0.1) is 11.3 Å². The summed E-state index contributed by atoms with van der Waals surface area (Å²) in [6.45, 7) is 7.34. The maximum Gasteiger partial charge on any atom is 0.375 e. The van der Waals surface area contributed by atoms with Crippen LogP contribution in [0.1, 0.15) is 45.4 Å². The van der Waals surface area contributed by atoms with Gasteiger partial charge in [0.1, 0.15) is 10.4 Å². The van der Waals surface area contributed by atoms with E-state index >= 15 is 0 Å². The van der Waals surface area contributed by atoms with Crippen LogP contribution in [0.3, 0.4) is 0 Å². The number of nitrogens with one attached hydrogen (secondary N) is 1. The second-order valence-electron chi connectivity index (χ2n) is 6.51. The SMILES string of the molecule is Cc1sc2nc([C@@H](C)OC(=O)c3oc4ccccc4c3C)[nH]c(=O)c2c1C. The fraction of sp³-hybridized carbons (Fsp3) is 0.250. The van der Waals surface area contributed by atoms with Gasteiger partial charge in [0.25, 0.3) is 5.56 Å². The van der Waals surface area contributed by atoms with Gasteiger partial charge in [0.05, 0.1) is 5.39 Å². The molecule has 3 heterocycles. The maximum atomic E-state index is 12.6. The van der Waals surface area contributed by atoms with Crippen LogP contribution < -0.4 is 5.56 Å². The van der Waals surface area contributed by atoms with E-state index in [0.29, 0.717) is 21.6 Å². The van der Waals surface area contributed by atoms with Gasteiger partial charge in [-0.3, -0.25) is 4.79 Å². The number of aromatic amines is 1. The predicted molar refractivity (Wildman–Crippen MR) is 104 cm³/mol. The third kappa shape index (κ3) is 2.84. The van der Waals surface area contributed by atoms with Crippen LogP contribution in [0.4, 0.5) is 0 Å². The van der Waals surface area contributed by atoms with Gasteiger partial charge >= 0.3 is 5.97 Å². The van der Waals surface area contributed by atoms with Crippen LogP contribution in [0, 0.1) is 20.8 Å². The van der Waals surface area contributed by atoms with Crippen LogP contribution >= 0.6 is 11.3 Å². The Balaban J connectivity index is 1.66. The summed E-state index contributed by atoms with van der Waals surface area (Å²) in [7, 11) is 0. The first-order valence-electron chi connectivity index (χ1n) is 8.56. The van der Waals surface area contributed by atoms with Gasteiger partial charge in [-0.2, -0.15) is 0 Å². The number of fused-ring (bicyclic) bond motifs is 2. The van der Waals surface area contributed by atoms with Crippen molar-refractivity contribution in [2.24, 2.45) is 0 Å². The molecule has 4 rings (SSSR count). The smallest absolute Gasteiger partial charge is 0.375 e. The Morgan fingerprint density at radius 1 is 1.22 bits per heavy atom. The van der Waals surface area contributed by atoms with Crippen molar-refractivity contribution in [1.82, 2.24) is 9.97 Å². The van der Waals surface area contributed by atoms with E-state index in [0.717, 1.165) is 21.4 Å². The highest BCUT2D eigenvalue weighted by Gasteiger charge is 2.23. The number of hydrogen-bond donors (Lipinski definition) is 1. The van der Waals surface area contributed by atoms with E-state index in [4.69, 9.17) is 9.15 Å². The molecule has 0 unspecified atom stereocenters. The fourth-order valence-electron chi connectivity index (χ4n) is 3.10. The number of thiophene rings is 1. The molecule has 0 aliphatic carbocycles. The topological polar surface area (TPSA) is 85.2 Å². The average Bonchev–Trinajstić information content (AvgIpc) is 3.12. The summed E-state index contributed by atoms with van der Waals surface area (Å²) >= 11 is 1.46. The zero-order valence-electron chi connectivity index (χ0n) is 15.4. The van der Waals surface area contributed by atoms with Crippen molar-refractivity contribution in [1.29, 1.82) is 0 Å². The molecular formula is C20H18N2O4S. The highest BCUT2D eigenvalue weighted by atomic mass is 32.1. The maximum absolute atomic E-state index is 12.6. The first kappa shape index (κ1) is 17.5. The number of furan rings is 1. The lowest BCUT2D eigenvalue weighted by Crippen LogP contribution is -2.17. The van der Waals surface area contributed by atoms with E-state index in [1.165, 1.54) is 11.3 Å². The van der Waals surface area contributed by atoms with Gasteiger partial charge in [0, 0.05) is 15.8 Å². The van der Waals surface area contributed by atoms with Crippen molar-refractivity contribution < 1.29 is 13.9 Å². The highest BCUT2D eigenvalue weighted by molar-refractivity contribution is 7.18. The van der Waals surface area contributed by atoms with E-state index < -0.39 is 12.1 Å². The molecule has 6 nitrogen and oxygen atoms in total. The van der Waals surface area contributed by atoms with Crippen molar-refractivity contribution in [3.8, 4) is 0 Å². The number of benzene rings is 1.